The molecule has 2 aromatic rings. The van der Waals surface area contributed by atoms with Gasteiger partial charge in [0.1, 0.15) is 11.6 Å². The predicted octanol–water partition coefficient (Wildman–Crippen LogP) is 3.82. The zero-order chi connectivity index (χ0) is 19.3. The van der Waals surface area contributed by atoms with Crippen LogP contribution >= 0.6 is 0 Å². The quantitative estimate of drug-likeness (QED) is 0.787. The molecule has 0 bridgehead atoms. The Morgan fingerprint density at radius 2 is 1.81 bits per heavy atom. The van der Waals surface area contributed by atoms with E-state index in [4.69, 9.17) is 4.74 Å². The Bertz CT molecular complexity index is 822. The number of hydrogen-bond donors (Lipinski definition) is 2. The summed E-state index contributed by atoms with van der Waals surface area (Å²) >= 11 is 0. The molecule has 2 amide bonds. The molecule has 0 radical (unpaired) electrons. The first-order valence-corrected chi connectivity index (χ1v) is 7.32. The van der Waals surface area contributed by atoms with Gasteiger partial charge in [0.05, 0.1) is 11.3 Å². The first-order chi connectivity index (χ1) is 12.1. The molecular formula is C17H14F4N2O3. The van der Waals surface area contributed by atoms with E-state index in [1.165, 1.54) is 25.1 Å². The van der Waals surface area contributed by atoms with Gasteiger partial charge < -0.3 is 15.4 Å². The Hall–Kier alpha value is -3.10. The van der Waals surface area contributed by atoms with Crippen LogP contribution in [0.4, 0.5) is 28.9 Å². The first kappa shape index (κ1) is 19.2. The van der Waals surface area contributed by atoms with Crippen molar-refractivity contribution in [3.8, 4) is 5.75 Å². The van der Waals surface area contributed by atoms with Gasteiger partial charge in [0.25, 0.3) is 5.91 Å². The fourth-order valence-corrected chi connectivity index (χ4v) is 2.00. The van der Waals surface area contributed by atoms with Crippen LogP contribution in [-0.2, 0) is 15.8 Å². The summed E-state index contributed by atoms with van der Waals surface area (Å²) in [5, 5.41) is 4.66. The minimum Gasteiger partial charge on any atom is -0.484 e. The maximum absolute atomic E-state index is 13.5. The van der Waals surface area contributed by atoms with Crippen LogP contribution in [0.2, 0.25) is 0 Å². The van der Waals surface area contributed by atoms with Crippen LogP contribution in [0.5, 0.6) is 5.75 Å². The van der Waals surface area contributed by atoms with Crippen LogP contribution in [0.15, 0.2) is 42.5 Å². The molecular weight excluding hydrogens is 356 g/mol. The highest BCUT2D eigenvalue weighted by atomic mass is 19.4. The molecule has 0 aromatic heterocycles. The van der Waals surface area contributed by atoms with E-state index in [1.54, 1.807) is 0 Å². The third-order valence-corrected chi connectivity index (χ3v) is 3.09. The summed E-state index contributed by atoms with van der Waals surface area (Å²) in [5.74, 6) is -1.95. The molecule has 0 aliphatic carbocycles. The molecule has 0 heterocycles. The van der Waals surface area contributed by atoms with Crippen LogP contribution in [0.25, 0.3) is 0 Å². The largest absolute Gasteiger partial charge is 0.484 e. The third-order valence-electron chi connectivity index (χ3n) is 3.09. The number of anilines is 2. The number of nitrogens with one attached hydrogen (secondary N) is 2. The smallest absolute Gasteiger partial charge is 0.416 e. The minimum absolute atomic E-state index is 0.117. The molecule has 2 N–H and O–H groups in total. The van der Waals surface area contributed by atoms with E-state index in [1.807, 2.05) is 0 Å². The highest BCUT2D eigenvalue weighted by Crippen LogP contribution is 2.31. The maximum Gasteiger partial charge on any atom is 0.416 e. The molecule has 0 aliphatic rings. The Balaban J connectivity index is 1.98. The monoisotopic (exact) mass is 370 g/mol. The second kappa shape index (κ2) is 7.85. The van der Waals surface area contributed by atoms with E-state index in [-0.39, 0.29) is 17.1 Å². The lowest BCUT2D eigenvalue weighted by molar-refractivity contribution is -0.137. The number of benzene rings is 2. The standard InChI is InChI=1S/C17H14F4N2O3/c1-10(24)22-15-8-12(5-6-14(15)18)23-16(25)9-26-13-4-2-3-11(7-13)17(19,20)21/h2-8H,9H2,1H3,(H,22,24)(H,23,25). The van der Waals surface area contributed by atoms with E-state index in [0.717, 1.165) is 24.3 Å². The molecule has 0 aliphatic heterocycles. The van der Waals surface area contributed by atoms with E-state index in [9.17, 15) is 27.2 Å². The second-order valence-electron chi connectivity index (χ2n) is 5.24. The topological polar surface area (TPSA) is 67.4 Å². The molecule has 0 saturated carbocycles. The highest BCUT2D eigenvalue weighted by Gasteiger charge is 2.30. The number of halogens is 4. The lowest BCUT2D eigenvalue weighted by Gasteiger charge is -2.11. The zero-order valence-electron chi connectivity index (χ0n) is 13.5. The molecule has 0 spiro atoms. The number of amides is 2. The van der Waals surface area contributed by atoms with Crippen LogP contribution in [0.1, 0.15) is 12.5 Å². The number of ether oxygens (including phenoxy) is 1. The van der Waals surface area contributed by atoms with E-state index >= 15 is 0 Å². The molecule has 9 heteroatoms. The zero-order valence-corrected chi connectivity index (χ0v) is 13.5. The number of hydrogen-bond acceptors (Lipinski definition) is 3. The average molecular weight is 370 g/mol. The van der Waals surface area contributed by atoms with Gasteiger partial charge in [0.2, 0.25) is 5.91 Å². The van der Waals surface area contributed by atoms with Crippen molar-refractivity contribution in [2.24, 2.45) is 0 Å². The molecule has 26 heavy (non-hydrogen) atoms. The van der Waals surface area contributed by atoms with Crippen molar-refractivity contribution in [3.05, 3.63) is 53.8 Å². The SMILES string of the molecule is CC(=O)Nc1cc(NC(=O)COc2cccc(C(F)(F)F)c2)ccc1F. The number of carbonyl (C=O) groups excluding carboxylic acids is 2. The van der Waals surface area contributed by atoms with Crippen LogP contribution in [0, 0.1) is 5.82 Å². The maximum atomic E-state index is 13.5. The van der Waals surface area contributed by atoms with E-state index < -0.39 is 36.0 Å². The van der Waals surface area contributed by atoms with Crippen LogP contribution in [0.3, 0.4) is 0 Å². The molecule has 138 valence electrons. The van der Waals surface area contributed by atoms with Crippen LogP contribution < -0.4 is 15.4 Å². The van der Waals surface area contributed by atoms with Gasteiger partial charge in [-0.25, -0.2) is 4.39 Å². The number of rotatable bonds is 5. The van der Waals surface area contributed by atoms with Gasteiger partial charge in [0, 0.05) is 12.6 Å². The van der Waals surface area contributed by atoms with Crippen molar-refractivity contribution in [2.75, 3.05) is 17.2 Å². The fourth-order valence-electron chi connectivity index (χ4n) is 2.00. The fraction of sp³-hybridized carbons (Fsp3) is 0.176. The molecule has 0 saturated heterocycles. The third kappa shape index (κ3) is 5.47. The van der Waals surface area contributed by atoms with Gasteiger partial charge in [-0.2, -0.15) is 13.2 Å². The number of carbonyl (C=O) groups is 2. The van der Waals surface area contributed by atoms with E-state index in [2.05, 4.69) is 10.6 Å². The summed E-state index contributed by atoms with van der Waals surface area (Å²) < 4.78 is 56.4. The molecule has 2 aromatic carbocycles. The van der Waals surface area contributed by atoms with Gasteiger partial charge in [-0.15, -0.1) is 0 Å². The van der Waals surface area contributed by atoms with Gasteiger partial charge in [-0.1, -0.05) is 6.07 Å². The van der Waals surface area contributed by atoms with Gasteiger partial charge >= 0.3 is 6.18 Å². The Morgan fingerprint density at radius 1 is 1.08 bits per heavy atom. The normalized spacial score (nSPS) is 11.0. The Labute approximate surface area is 146 Å². The second-order valence-corrected chi connectivity index (χ2v) is 5.24. The van der Waals surface area contributed by atoms with Gasteiger partial charge in [0.15, 0.2) is 6.61 Å². The summed E-state index contributed by atoms with van der Waals surface area (Å²) in [5.41, 5.74) is -0.823. The lowest BCUT2D eigenvalue weighted by atomic mass is 10.2. The van der Waals surface area contributed by atoms with Gasteiger partial charge in [-0.3, -0.25) is 9.59 Å². The summed E-state index contributed by atoms with van der Waals surface area (Å²) in [4.78, 5) is 22.8. The van der Waals surface area contributed by atoms with Crippen molar-refractivity contribution in [1.82, 2.24) is 0 Å². The molecule has 5 nitrogen and oxygen atoms in total. The minimum atomic E-state index is -4.52. The van der Waals surface area contributed by atoms with Crippen molar-refractivity contribution < 1.29 is 31.9 Å². The Kier molecular flexibility index (Phi) is 5.81. The molecule has 0 atom stereocenters. The van der Waals surface area contributed by atoms with Crippen molar-refractivity contribution >= 4 is 23.2 Å². The van der Waals surface area contributed by atoms with Crippen molar-refractivity contribution in [1.29, 1.82) is 0 Å². The summed E-state index contributed by atoms with van der Waals surface area (Å²) in [6, 6.07) is 7.64. The highest BCUT2D eigenvalue weighted by molar-refractivity contribution is 5.94. The molecule has 0 fully saturated rings. The Morgan fingerprint density at radius 3 is 2.46 bits per heavy atom. The van der Waals surface area contributed by atoms with Crippen molar-refractivity contribution in [3.63, 3.8) is 0 Å². The average Bonchev–Trinajstić information content (AvgIpc) is 2.55. The number of alkyl halides is 3. The summed E-state index contributed by atoms with van der Waals surface area (Å²) in [6.45, 7) is 0.655. The van der Waals surface area contributed by atoms with Crippen molar-refractivity contribution in [2.45, 2.75) is 13.1 Å². The molecule has 2 rings (SSSR count). The first-order valence-electron chi connectivity index (χ1n) is 7.32. The lowest BCUT2D eigenvalue weighted by Crippen LogP contribution is -2.20. The van der Waals surface area contributed by atoms with Crippen LogP contribution in [-0.4, -0.2) is 18.4 Å². The summed E-state index contributed by atoms with van der Waals surface area (Å²) in [7, 11) is 0. The van der Waals surface area contributed by atoms with Gasteiger partial charge in [-0.05, 0) is 36.4 Å². The predicted molar refractivity (Wildman–Crippen MR) is 86.3 cm³/mol. The summed E-state index contributed by atoms with van der Waals surface area (Å²) in [6.07, 6.45) is -4.52. The molecule has 0 unspecified atom stereocenters. The van der Waals surface area contributed by atoms with E-state index in [0.29, 0.717) is 0 Å².